The second kappa shape index (κ2) is 6.85. The summed E-state index contributed by atoms with van der Waals surface area (Å²) in [6.07, 6.45) is 6.62. The van der Waals surface area contributed by atoms with Crippen LogP contribution in [0.15, 0.2) is 18.6 Å². The lowest BCUT2D eigenvalue weighted by atomic mass is 10.2. The second-order valence-corrected chi connectivity index (χ2v) is 6.18. The smallest absolute Gasteiger partial charge is 0.410 e. The normalized spacial score (nSPS) is 18.8. The number of carbonyl (C=O) groups excluding carboxylic acids is 1. The number of ether oxygens (including phenoxy) is 2. The zero-order chi connectivity index (χ0) is 15.3. The minimum atomic E-state index is -0.468. The predicted molar refractivity (Wildman–Crippen MR) is 77.7 cm³/mol. The summed E-state index contributed by atoms with van der Waals surface area (Å²) in [5.74, 6) is 0. The van der Waals surface area contributed by atoms with Crippen LogP contribution in [0, 0.1) is 0 Å². The summed E-state index contributed by atoms with van der Waals surface area (Å²) in [6.45, 7) is 7.26. The van der Waals surface area contributed by atoms with Crippen molar-refractivity contribution in [3.05, 3.63) is 24.3 Å². The molecule has 1 fully saturated rings. The Hall–Kier alpha value is -1.69. The van der Waals surface area contributed by atoms with Crippen LogP contribution in [0.25, 0.3) is 0 Å². The molecule has 0 bridgehead atoms. The average molecular weight is 293 g/mol. The molecule has 6 nitrogen and oxygen atoms in total. The van der Waals surface area contributed by atoms with E-state index >= 15 is 0 Å². The highest BCUT2D eigenvalue weighted by Crippen LogP contribution is 2.21. The van der Waals surface area contributed by atoms with Crippen LogP contribution in [0.2, 0.25) is 0 Å². The maximum Gasteiger partial charge on any atom is 0.410 e. The molecule has 1 aromatic heterocycles. The first-order chi connectivity index (χ1) is 9.96. The average Bonchev–Trinajstić information content (AvgIpc) is 2.86. The molecule has 1 aliphatic rings. The predicted octanol–water partition coefficient (Wildman–Crippen LogP) is 2.39. The molecule has 1 aromatic rings. The van der Waals surface area contributed by atoms with Gasteiger partial charge in [0.25, 0.3) is 0 Å². The Morgan fingerprint density at radius 3 is 2.90 bits per heavy atom. The first-order valence-electron chi connectivity index (χ1n) is 7.28. The number of hydrogen-bond acceptors (Lipinski definition) is 5. The van der Waals surface area contributed by atoms with E-state index < -0.39 is 5.60 Å². The molecule has 116 valence electrons. The molecular formula is C15H23N3O3. The van der Waals surface area contributed by atoms with Gasteiger partial charge in [-0.3, -0.25) is 9.97 Å². The lowest BCUT2D eigenvalue weighted by Gasteiger charge is -2.28. The van der Waals surface area contributed by atoms with Gasteiger partial charge in [-0.05, 0) is 33.6 Å². The summed E-state index contributed by atoms with van der Waals surface area (Å²) < 4.78 is 11.1. The van der Waals surface area contributed by atoms with E-state index in [1.54, 1.807) is 23.5 Å². The maximum atomic E-state index is 12.1. The molecule has 0 radical (unpaired) electrons. The standard InChI is InChI=1S/C15H23N3O3/c1-15(2,3)21-14(19)18-8-4-5-13(18)11-20-10-12-9-16-6-7-17-12/h6-7,9,13H,4-5,8,10-11H2,1-3H3/t13-/m0/s1. The highest BCUT2D eigenvalue weighted by Gasteiger charge is 2.32. The fraction of sp³-hybridized carbons (Fsp3) is 0.667. The van der Waals surface area contributed by atoms with Gasteiger partial charge in [-0.2, -0.15) is 0 Å². The molecule has 0 aliphatic carbocycles. The van der Waals surface area contributed by atoms with Crippen LogP contribution in [0.4, 0.5) is 4.79 Å². The van der Waals surface area contributed by atoms with Crippen molar-refractivity contribution < 1.29 is 14.3 Å². The molecule has 21 heavy (non-hydrogen) atoms. The third-order valence-electron chi connectivity index (χ3n) is 3.18. The van der Waals surface area contributed by atoms with E-state index in [0.717, 1.165) is 25.1 Å². The van der Waals surface area contributed by atoms with E-state index in [9.17, 15) is 4.79 Å². The van der Waals surface area contributed by atoms with E-state index in [1.165, 1.54) is 0 Å². The van der Waals surface area contributed by atoms with Crippen molar-refractivity contribution in [2.75, 3.05) is 13.2 Å². The largest absolute Gasteiger partial charge is 0.444 e. The Balaban J connectivity index is 1.80. The second-order valence-electron chi connectivity index (χ2n) is 6.18. The van der Waals surface area contributed by atoms with Gasteiger partial charge in [-0.1, -0.05) is 0 Å². The molecule has 0 aromatic carbocycles. The van der Waals surface area contributed by atoms with Crippen LogP contribution in [0.5, 0.6) is 0 Å². The Labute approximate surface area is 125 Å². The topological polar surface area (TPSA) is 64.5 Å². The van der Waals surface area contributed by atoms with Gasteiger partial charge in [-0.25, -0.2) is 4.79 Å². The van der Waals surface area contributed by atoms with Crippen molar-refractivity contribution in [2.24, 2.45) is 0 Å². The molecule has 2 heterocycles. The fourth-order valence-corrected chi connectivity index (χ4v) is 2.27. The van der Waals surface area contributed by atoms with Crippen molar-refractivity contribution in [2.45, 2.75) is 51.9 Å². The van der Waals surface area contributed by atoms with Gasteiger partial charge >= 0.3 is 6.09 Å². The molecule has 6 heteroatoms. The Morgan fingerprint density at radius 1 is 1.43 bits per heavy atom. The molecule has 0 saturated carbocycles. The Bertz CT molecular complexity index is 459. The van der Waals surface area contributed by atoms with Crippen molar-refractivity contribution in [3.8, 4) is 0 Å². The van der Waals surface area contributed by atoms with Crippen LogP contribution < -0.4 is 0 Å². The molecule has 0 unspecified atom stereocenters. The number of hydrogen-bond donors (Lipinski definition) is 0. The third kappa shape index (κ3) is 4.97. The minimum Gasteiger partial charge on any atom is -0.444 e. The van der Waals surface area contributed by atoms with Crippen LogP contribution in [-0.4, -0.2) is 45.8 Å². The molecule has 0 spiro atoms. The summed E-state index contributed by atoms with van der Waals surface area (Å²) in [6, 6.07) is 0.0801. The van der Waals surface area contributed by atoms with Crippen LogP contribution >= 0.6 is 0 Å². The van der Waals surface area contributed by atoms with E-state index in [-0.39, 0.29) is 12.1 Å². The first-order valence-corrected chi connectivity index (χ1v) is 7.28. The van der Waals surface area contributed by atoms with Crippen molar-refractivity contribution in [1.82, 2.24) is 14.9 Å². The van der Waals surface area contributed by atoms with Crippen LogP contribution in [0.3, 0.4) is 0 Å². The van der Waals surface area contributed by atoms with E-state index in [1.807, 2.05) is 20.8 Å². The molecule has 2 rings (SSSR count). The first kappa shape index (κ1) is 15.7. The quantitative estimate of drug-likeness (QED) is 0.853. The zero-order valence-corrected chi connectivity index (χ0v) is 12.9. The number of amides is 1. The molecular weight excluding hydrogens is 270 g/mol. The van der Waals surface area contributed by atoms with Crippen molar-refractivity contribution >= 4 is 6.09 Å². The lowest BCUT2D eigenvalue weighted by Crippen LogP contribution is -2.41. The maximum absolute atomic E-state index is 12.1. The third-order valence-corrected chi connectivity index (χ3v) is 3.18. The van der Waals surface area contributed by atoms with Gasteiger partial charge in [0.05, 0.1) is 31.1 Å². The van der Waals surface area contributed by atoms with E-state index in [2.05, 4.69) is 9.97 Å². The molecule has 1 amide bonds. The SMILES string of the molecule is CC(C)(C)OC(=O)N1CCC[C@H]1COCc1cnccn1. The Kier molecular flexibility index (Phi) is 5.12. The van der Waals surface area contributed by atoms with Crippen molar-refractivity contribution in [3.63, 3.8) is 0 Å². The van der Waals surface area contributed by atoms with Gasteiger partial charge in [0.1, 0.15) is 5.60 Å². The highest BCUT2D eigenvalue weighted by atomic mass is 16.6. The van der Waals surface area contributed by atoms with Gasteiger partial charge in [0.2, 0.25) is 0 Å². The number of aromatic nitrogens is 2. The van der Waals surface area contributed by atoms with Crippen molar-refractivity contribution in [1.29, 1.82) is 0 Å². The zero-order valence-electron chi connectivity index (χ0n) is 12.9. The molecule has 1 saturated heterocycles. The van der Waals surface area contributed by atoms with E-state index in [0.29, 0.717) is 13.2 Å². The number of carbonyl (C=O) groups is 1. The Morgan fingerprint density at radius 2 is 2.24 bits per heavy atom. The van der Waals surface area contributed by atoms with Gasteiger partial charge in [-0.15, -0.1) is 0 Å². The molecule has 1 atom stereocenters. The summed E-state index contributed by atoms with van der Waals surface area (Å²) in [4.78, 5) is 22.0. The lowest BCUT2D eigenvalue weighted by molar-refractivity contribution is 0.00854. The number of likely N-dealkylation sites (tertiary alicyclic amines) is 1. The molecule has 1 aliphatic heterocycles. The molecule has 0 N–H and O–H groups in total. The number of rotatable bonds is 4. The number of nitrogens with zero attached hydrogens (tertiary/aromatic N) is 3. The summed E-state index contributed by atoms with van der Waals surface area (Å²) in [5, 5.41) is 0. The van der Waals surface area contributed by atoms with Gasteiger partial charge in [0, 0.05) is 18.9 Å². The summed E-state index contributed by atoms with van der Waals surface area (Å²) in [5.41, 5.74) is 0.323. The van der Waals surface area contributed by atoms with Crippen LogP contribution in [-0.2, 0) is 16.1 Å². The fourth-order valence-electron chi connectivity index (χ4n) is 2.27. The monoisotopic (exact) mass is 293 g/mol. The van der Waals surface area contributed by atoms with E-state index in [4.69, 9.17) is 9.47 Å². The van der Waals surface area contributed by atoms with Gasteiger partial charge in [0.15, 0.2) is 0 Å². The van der Waals surface area contributed by atoms with Gasteiger partial charge < -0.3 is 14.4 Å². The summed E-state index contributed by atoms with van der Waals surface area (Å²) >= 11 is 0. The summed E-state index contributed by atoms with van der Waals surface area (Å²) in [7, 11) is 0. The van der Waals surface area contributed by atoms with Crippen LogP contribution in [0.1, 0.15) is 39.3 Å². The highest BCUT2D eigenvalue weighted by molar-refractivity contribution is 5.68. The minimum absolute atomic E-state index is 0.0801.